The number of cyclic esters (lactones) is 1. The Hall–Kier alpha value is -3.83. The zero-order valence-corrected chi connectivity index (χ0v) is 42.0. The first-order valence-corrected chi connectivity index (χ1v) is 24.7. The van der Waals surface area contributed by atoms with E-state index in [1.54, 1.807) is 14.2 Å². The first-order valence-electron chi connectivity index (χ1n) is 21.6. The fourth-order valence-corrected chi connectivity index (χ4v) is 11.8. The number of esters is 1. The average molecular weight is 1090 g/mol. The topological polar surface area (TPSA) is 68.8 Å². The number of carbonyl (C=O) groups is 1. The molecule has 0 saturated heterocycles. The van der Waals surface area contributed by atoms with Gasteiger partial charge in [-0.05, 0) is 185 Å². The zero-order valence-electron chi connectivity index (χ0n) is 35.6. The highest BCUT2D eigenvalue weighted by Crippen LogP contribution is 2.54. The Kier molecular flexibility index (Phi) is 14.1. The number of hydrogen-bond acceptors (Lipinski definition) is 6. The number of aryl methyl sites for hydroxylation is 2. The van der Waals surface area contributed by atoms with Gasteiger partial charge in [-0.3, -0.25) is 0 Å². The minimum Gasteiger partial charge on any atom is -0.497 e. The number of anilines is 2. The van der Waals surface area contributed by atoms with E-state index in [4.69, 9.17) is 14.2 Å². The van der Waals surface area contributed by atoms with Gasteiger partial charge in [-0.15, -0.1) is 0 Å². The van der Waals surface area contributed by atoms with Crippen LogP contribution in [0, 0.1) is 13.8 Å². The summed E-state index contributed by atoms with van der Waals surface area (Å²) in [6.07, 6.45) is 16.1. The molecule has 3 aliphatic rings. The molecule has 1 heterocycles. The highest BCUT2D eigenvalue weighted by atomic mass is 79.9. The first kappa shape index (κ1) is 44.8. The highest BCUT2D eigenvalue weighted by Gasteiger charge is 2.48. The molecule has 2 fully saturated rings. The monoisotopic (exact) mass is 1080 g/mol. The predicted octanol–water partition coefficient (Wildman–Crippen LogP) is 15.5. The molecule has 0 bridgehead atoms. The van der Waals surface area contributed by atoms with Gasteiger partial charge in [-0.1, -0.05) is 87.1 Å². The molecule has 0 aromatic heterocycles. The van der Waals surface area contributed by atoms with Crippen LogP contribution in [0.1, 0.15) is 114 Å². The summed E-state index contributed by atoms with van der Waals surface area (Å²) in [5.74, 6) is 1.07. The summed E-state index contributed by atoms with van der Waals surface area (Å²) in [6, 6.07) is 30.2. The third-order valence-corrected chi connectivity index (χ3v) is 17.3. The van der Waals surface area contributed by atoms with Crippen molar-refractivity contribution in [3.63, 3.8) is 0 Å². The number of carbonyl (C=O) groups excluding carboxylic acids is 1. The molecule has 2 saturated carbocycles. The highest BCUT2D eigenvalue weighted by molar-refractivity contribution is 9.15. The number of ether oxygens (including phenoxy) is 3. The second kappa shape index (κ2) is 19.5. The maximum Gasteiger partial charge on any atom is 0.341 e. The Morgan fingerprint density at radius 1 is 0.597 bits per heavy atom. The predicted molar refractivity (Wildman–Crippen MR) is 268 cm³/mol. The van der Waals surface area contributed by atoms with E-state index < -0.39 is 11.6 Å². The number of fused-ring (bicyclic) bond motifs is 1. The Bertz CT molecular complexity index is 2390. The number of rotatable bonds is 12. The molecule has 1 aliphatic heterocycles. The normalized spacial score (nSPS) is 18.6. The van der Waals surface area contributed by atoms with E-state index in [0.29, 0.717) is 36.6 Å². The first-order chi connectivity index (χ1) is 30.0. The van der Waals surface area contributed by atoms with Gasteiger partial charge < -0.3 is 24.8 Å². The molecule has 2 N–H and O–H groups in total. The molecule has 0 unspecified atom stereocenters. The van der Waals surface area contributed by atoms with Crippen LogP contribution in [0.3, 0.4) is 0 Å². The zero-order chi connectivity index (χ0) is 43.5. The number of benzene rings is 5. The van der Waals surface area contributed by atoms with Gasteiger partial charge in [0.2, 0.25) is 0 Å². The van der Waals surface area contributed by atoms with E-state index >= 15 is 0 Å². The van der Waals surface area contributed by atoms with Crippen LogP contribution >= 0.6 is 63.7 Å². The molecule has 62 heavy (non-hydrogen) atoms. The number of hydrogen-bond donors (Lipinski definition) is 2. The van der Waals surface area contributed by atoms with E-state index in [1.165, 1.54) is 38.5 Å². The summed E-state index contributed by atoms with van der Waals surface area (Å²) >= 11 is 15.4. The summed E-state index contributed by atoms with van der Waals surface area (Å²) in [7, 11) is 3.36. The molecular weight excluding hydrogens is 1040 g/mol. The fourth-order valence-electron chi connectivity index (χ4n) is 9.25. The van der Waals surface area contributed by atoms with E-state index in [0.717, 1.165) is 97.6 Å². The van der Waals surface area contributed by atoms with Crippen LogP contribution in [0.5, 0.6) is 11.5 Å². The van der Waals surface area contributed by atoms with Gasteiger partial charge in [0.15, 0.2) is 5.60 Å². The Labute approximate surface area is 399 Å². The maximum atomic E-state index is 14.7. The summed E-state index contributed by atoms with van der Waals surface area (Å²) in [5, 5.41) is 7.96. The van der Waals surface area contributed by atoms with Crippen molar-refractivity contribution in [2.24, 2.45) is 0 Å². The van der Waals surface area contributed by atoms with Gasteiger partial charge in [-0.25, -0.2) is 4.79 Å². The summed E-state index contributed by atoms with van der Waals surface area (Å²) in [4.78, 5) is 14.7. The summed E-state index contributed by atoms with van der Waals surface area (Å²) < 4.78 is 21.1. The molecule has 0 spiro atoms. The maximum absolute atomic E-state index is 14.7. The minimum absolute atomic E-state index is 0.358. The van der Waals surface area contributed by atoms with Crippen molar-refractivity contribution in [3.8, 4) is 11.5 Å². The molecule has 10 heteroatoms. The molecule has 5 aromatic rings. The Balaban J connectivity index is 1.46. The van der Waals surface area contributed by atoms with Gasteiger partial charge in [0, 0.05) is 58.0 Å². The van der Waals surface area contributed by atoms with Crippen molar-refractivity contribution in [3.05, 3.63) is 159 Å². The Morgan fingerprint density at radius 3 is 1.44 bits per heavy atom. The van der Waals surface area contributed by atoms with E-state index in [9.17, 15) is 4.79 Å². The molecule has 8 rings (SSSR count). The molecule has 0 amide bonds. The van der Waals surface area contributed by atoms with Gasteiger partial charge in [0.1, 0.15) is 11.5 Å². The van der Waals surface area contributed by atoms with Crippen LogP contribution in [-0.4, -0.2) is 32.3 Å². The molecular formula is C52H52Br4N2O4. The van der Waals surface area contributed by atoms with Crippen LogP contribution < -0.4 is 20.1 Å². The molecule has 2 aliphatic carbocycles. The van der Waals surface area contributed by atoms with Crippen molar-refractivity contribution in [1.29, 1.82) is 0 Å². The van der Waals surface area contributed by atoms with E-state index in [1.807, 2.05) is 24.3 Å². The third kappa shape index (κ3) is 9.36. The van der Waals surface area contributed by atoms with Crippen molar-refractivity contribution in [1.82, 2.24) is 0 Å². The van der Waals surface area contributed by atoms with Gasteiger partial charge >= 0.3 is 5.97 Å². The van der Waals surface area contributed by atoms with Crippen molar-refractivity contribution >= 4 is 92.2 Å². The molecule has 0 radical (unpaired) electrons. The Morgan fingerprint density at radius 2 is 1.02 bits per heavy atom. The summed E-state index contributed by atoms with van der Waals surface area (Å²) in [6.45, 7) is 4.27. The van der Waals surface area contributed by atoms with Gasteiger partial charge in [0.25, 0.3) is 0 Å². The lowest BCUT2D eigenvalue weighted by Gasteiger charge is -2.30. The molecule has 5 aromatic carbocycles. The number of halogens is 4. The third-order valence-electron chi connectivity index (χ3n) is 12.5. The van der Waals surface area contributed by atoms with Crippen LogP contribution in [0.25, 0.3) is 11.1 Å². The lowest BCUT2D eigenvalue weighted by molar-refractivity contribution is 0.0298. The second-order valence-corrected chi connectivity index (χ2v) is 20.0. The largest absolute Gasteiger partial charge is 0.497 e. The van der Waals surface area contributed by atoms with E-state index in [2.05, 4.69) is 161 Å². The van der Waals surface area contributed by atoms with Crippen LogP contribution in [0.2, 0.25) is 0 Å². The van der Waals surface area contributed by atoms with Crippen molar-refractivity contribution in [2.45, 2.75) is 95.7 Å². The fraction of sp³-hybridized carbons (Fsp3) is 0.327. The number of methoxy groups -OCH3 is 2. The quantitative estimate of drug-likeness (QED) is 0.0737. The van der Waals surface area contributed by atoms with Crippen molar-refractivity contribution < 1.29 is 19.0 Å². The standard InChI is InChI=1S/C52H52Br4N2O4/c1-31-15-25-39(43(27-31)57-35-11-7-5-8-12-35)41(33-17-21-37(60-3)22-18-33)29-52(46-45(51(59)62-52)47(53)49(55)50(56)48(46)54)30-42(34-19-23-38(61-4)24-20-34)40-26-16-32(2)28-44(40)58-36-13-9-6-10-14-36/h15-30,35-36,57-58H,5-14H2,1-4H3. The smallest absolute Gasteiger partial charge is 0.341 e. The number of nitrogens with one attached hydrogen (secondary N) is 2. The molecule has 6 nitrogen and oxygen atoms in total. The average Bonchev–Trinajstić information content (AvgIpc) is 3.58. The molecule has 0 atom stereocenters. The van der Waals surface area contributed by atoms with Crippen LogP contribution in [0.4, 0.5) is 11.4 Å². The SMILES string of the molecule is COc1ccc(C(=CC2(C=C(c3ccc(OC)cc3)c3ccc(C)cc3NC3CCCCC3)OC(=O)c3c(Br)c(Br)c(Br)c(Br)c32)c2ccc(C)cc2NC2CCCCC2)cc1. The second-order valence-electron chi connectivity index (χ2n) is 16.8. The lowest BCUT2D eigenvalue weighted by Crippen LogP contribution is -2.25. The van der Waals surface area contributed by atoms with Gasteiger partial charge in [-0.2, -0.15) is 0 Å². The van der Waals surface area contributed by atoms with Gasteiger partial charge in [0.05, 0.1) is 19.8 Å². The van der Waals surface area contributed by atoms with Crippen LogP contribution in [-0.2, 0) is 10.3 Å². The van der Waals surface area contributed by atoms with Crippen LogP contribution in [0.15, 0.2) is 115 Å². The lowest BCUT2D eigenvalue weighted by atomic mass is 9.82. The minimum atomic E-state index is -1.44. The van der Waals surface area contributed by atoms with Crippen molar-refractivity contribution in [2.75, 3.05) is 24.9 Å². The summed E-state index contributed by atoms with van der Waals surface area (Å²) in [5.41, 5.74) is 9.83. The molecule has 322 valence electrons. The van der Waals surface area contributed by atoms with E-state index in [-0.39, 0.29) is 0 Å².